The second-order valence-corrected chi connectivity index (χ2v) is 6.17. The maximum Gasteiger partial charge on any atom is 0.158 e. The highest BCUT2D eigenvalue weighted by atomic mass is 32.2. The van der Waals surface area contributed by atoms with Crippen molar-refractivity contribution in [1.82, 2.24) is 0 Å². The molecule has 1 aromatic carbocycles. The van der Waals surface area contributed by atoms with E-state index >= 15 is 0 Å². The van der Waals surface area contributed by atoms with Crippen molar-refractivity contribution in [3.05, 3.63) is 29.3 Å². The third kappa shape index (κ3) is 3.64. The zero-order valence-electron chi connectivity index (χ0n) is 11.0. The molecule has 1 atom stereocenters. The van der Waals surface area contributed by atoms with Gasteiger partial charge < -0.3 is 9.47 Å². The first-order chi connectivity index (χ1) is 8.66. The molecule has 0 aliphatic carbocycles. The van der Waals surface area contributed by atoms with Gasteiger partial charge in [-0.1, -0.05) is 12.1 Å². The maximum atomic E-state index is 12.3. The Bertz CT molecular complexity index is 425. The molecule has 0 amide bonds. The van der Waals surface area contributed by atoms with Crippen molar-refractivity contribution in [3.8, 4) is 0 Å². The number of hydrogen-bond donors (Lipinski definition) is 0. The van der Waals surface area contributed by atoms with Crippen LogP contribution in [0.25, 0.3) is 0 Å². The van der Waals surface area contributed by atoms with Crippen LogP contribution in [0, 0.1) is 13.8 Å². The molecule has 0 bridgehead atoms. The molecule has 0 radical (unpaired) electrons. The molecule has 1 unspecified atom stereocenters. The highest BCUT2D eigenvalue weighted by Gasteiger charge is 2.16. The van der Waals surface area contributed by atoms with Crippen molar-refractivity contribution in [1.29, 1.82) is 0 Å². The van der Waals surface area contributed by atoms with Gasteiger partial charge >= 0.3 is 0 Å². The standard InChI is InChI=1S/C14H20O3S/c1-11-4-5-12(2)13(10-11)18(15)9-6-14-16-7-3-8-17-14/h4-5,10,14H,3,6-9H2,1-2H3. The molecular weight excluding hydrogens is 248 g/mol. The predicted octanol–water partition coefficient (Wildman–Crippen LogP) is 2.56. The summed E-state index contributed by atoms with van der Waals surface area (Å²) in [7, 11) is -0.967. The Hall–Kier alpha value is -0.710. The summed E-state index contributed by atoms with van der Waals surface area (Å²) in [6.45, 7) is 5.52. The van der Waals surface area contributed by atoms with Crippen LogP contribution in [-0.2, 0) is 20.3 Å². The minimum Gasteiger partial charge on any atom is -0.353 e. The van der Waals surface area contributed by atoms with Gasteiger partial charge in [-0.25, -0.2) is 0 Å². The molecule has 1 aromatic rings. The summed E-state index contributed by atoms with van der Waals surface area (Å²) in [6, 6.07) is 6.08. The Morgan fingerprint density at radius 3 is 2.72 bits per heavy atom. The summed E-state index contributed by atoms with van der Waals surface area (Å²) in [5.74, 6) is 0.592. The van der Waals surface area contributed by atoms with Crippen LogP contribution in [0.4, 0.5) is 0 Å². The monoisotopic (exact) mass is 268 g/mol. The molecule has 0 spiro atoms. The summed E-state index contributed by atoms with van der Waals surface area (Å²) in [4.78, 5) is 0.936. The van der Waals surface area contributed by atoms with Crippen LogP contribution in [0.15, 0.2) is 23.1 Å². The van der Waals surface area contributed by atoms with E-state index in [2.05, 4.69) is 0 Å². The maximum absolute atomic E-state index is 12.3. The Morgan fingerprint density at radius 2 is 2.00 bits per heavy atom. The van der Waals surface area contributed by atoms with Gasteiger partial charge in [-0.2, -0.15) is 0 Å². The van der Waals surface area contributed by atoms with Crippen molar-refractivity contribution in [2.75, 3.05) is 19.0 Å². The number of ether oxygens (including phenoxy) is 2. The lowest BCUT2D eigenvalue weighted by Crippen LogP contribution is -2.26. The molecule has 1 heterocycles. The van der Waals surface area contributed by atoms with E-state index in [-0.39, 0.29) is 6.29 Å². The van der Waals surface area contributed by atoms with Crippen molar-refractivity contribution in [2.24, 2.45) is 0 Å². The highest BCUT2D eigenvalue weighted by molar-refractivity contribution is 7.85. The van der Waals surface area contributed by atoms with E-state index in [0.29, 0.717) is 12.2 Å². The Balaban J connectivity index is 1.92. The largest absolute Gasteiger partial charge is 0.353 e. The van der Waals surface area contributed by atoms with Crippen molar-refractivity contribution in [2.45, 2.75) is 37.9 Å². The second-order valence-electron chi connectivity index (χ2n) is 4.63. The fourth-order valence-corrected chi connectivity index (χ4v) is 3.34. The molecule has 4 heteroatoms. The Labute approximate surface area is 111 Å². The average Bonchev–Trinajstić information content (AvgIpc) is 2.40. The fraction of sp³-hybridized carbons (Fsp3) is 0.571. The zero-order chi connectivity index (χ0) is 13.0. The highest BCUT2D eigenvalue weighted by Crippen LogP contribution is 2.17. The lowest BCUT2D eigenvalue weighted by molar-refractivity contribution is -0.178. The number of hydrogen-bond acceptors (Lipinski definition) is 3. The third-order valence-electron chi connectivity index (χ3n) is 3.02. The van der Waals surface area contributed by atoms with Gasteiger partial charge in [0.25, 0.3) is 0 Å². The Kier molecular flexibility index (Phi) is 4.92. The van der Waals surface area contributed by atoms with E-state index in [0.717, 1.165) is 35.7 Å². The van der Waals surface area contributed by atoms with Gasteiger partial charge in [0.2, 0.25) is 0 Å². The van der Waals surface area contributed by atoms with Crippen molar-refractivity contribution < 1.29 is 13.7 Å². The first-order valence-corrected chi connectivity index (χ1v) is 7.67. The van der Waals surface area contributed by atoms with Gasteiger partial charge in [0.05, 0.1) is 24.0 Å². The third-order valence-corrected chi connectivity index (χ3v) is 4.56. The Morgan fingerprint density at radius 1 is 1.28 bits per heavy atom. The van der Waals surface area contributed by atoms with Crippen molar-refractivity contribution in [3.63, 3.8) is 0 Å². The van der Waals surface area contributed by atoms with Crippen LogP contribution in [0.5, 0.6) is 0 Å². The number of aryl methyl sites for hydroxylation is 2. The van der Waals surface area contributed by atoms with E-state index in [1.165, 1.54) is 0 Å². The SMILES string of the molecule is Cc1ccc(C)c(S(=O)CCC2OCCCO2)c1. The van der Waals surface area contributed by atoms with Crippen LogP contribution in [0.3, 0.4) is 0 Å². The fourth-order valence-electron chi connectivity index (χ4n) is 1.97. The van der Waals surface area contributed by atoms with Crippen LogP contribution in [0.2, 0.25) is 0 Å². The van der Waals surface area contributed by atoms with Crippen LogP contribution in [-0.4, -0.2) is 29.5 Å². The molecule has 3 nitrogen and oxygen atoms in total. The molecule has 1 aliphatic rings. The van der Waals surface area contributed by atoms with Gasteiger partial charge in [0.1, 0.15) is 0 Å². The quantitative estimate of drug-likeness (QED) is 0.842. The number of benzene rings is 1. The minimum atomic E-state index is -0.967. The zero-order valence-corrected chi connectivity index (χ0v) is 11.8. The normalized spacial score (nSPS) is 18.8. The van der Waals surface area contributed by atoms with Crippen LogP contribution >= 0.6 is 0 Å². The summed E-state index contributed by atoms with van der Waals surface area (Å²) in [6.07, 6.45) is 1.48. The minimum absolute atomic E-state index is 0.173. The van der Waals surface area contributed by atoms with E-state index in [1.807, 2.05) is 32.0 Å². The summed E-state index contributed by atoms with van der Waals surface area (Å²) < 4.78 is 23.2. The van der Waals surface area contributed by atoms with Crippen molar-refractivity contribution >= 4 is 10.8 Å². The summed E-state index contributed by atoms with van der Waals surface area (Å²) >= 11 is 0. The summed E-state index contributed by atoms with van der Waals surface area (Å²) in [5.41, 5.74) is 2.23. The second kappa shape index (κ2) is 6.45. The first-order valence-electron chi connectivity index (χ1n) is 6.35. The predicted molar refractivity (Wildman–Crippen MR) is 72.1 cm³/mol. The van der Waals surface area contributed by atoms with Gasteiger partial charge in [-0.3, -0.25) is 4.21 Å². The van der Waals surface area contributed by atoms with Gasteiger partial charge in [-0.05, 0) is 37.5 Å². The molecule has 100 valence electrons. The molecule has 1 aliphatic heterocycles. The molecule has 2 rings (SSSR count). The topological polar surface area (TPSA) is 35.5 Å². The van der Waals surface area contributed by atoms with Gasteiger partial charge in [-0.15, -0.1) is 0 Å². The molecule has 0 aromatic heterocycles. The lowest BCUT2D eigenvalue weighted by atomic mass is 10.2. The van der Waals surface area contributed by atoms with E-state index < -0.39 is 10.8 Å². The number of rotatable bonds is 4. The van der Waals surface area contributed by atoms with E-state index in [4.69, 9.17) is 9.47 Å². The van der Waals surface area contributed by atoms with Gasteiger partial charge in [0.15, 0.2) is 6.29 Å². The van der Waals surface area contributed by atoms with Crippen LogP contribution in [0.1, 0.15) is 24.0 Å². The molecule has 18 heavy (non-hydrogen) atoms. The average molecular weight is 268 g/mol. The molecule has 0 saturated carbocycles. The van der Waals surface area contributed by atoms with Crippen LogP contribution < -0.4 is 0 Å². The summed E-state index contributed by atoms with van der Waals surface area (Å²) in [5, 5.41) is 0. The molecular formula is C14H20O3S. The molecule has 1 saturated heterocycles. The lowest BCUT2D eigenvalue weighted by Gasteiger charge is -2.22. The smallest absolute Gasteiger partial charge is 0.158 e. The first kappa shape index (κ1) is 13.7. The van der Waals surface area contributed by atoms with E-state index in [9.17, 15) is 4.21 Å². The van der Waals surface area contributed by atoms with Gasteiger partial charge in [0, 0.05) is 17.1 Å². The molecule has 0 N–H and O–H groups in total. The molecule has 1 fully saturated rings. The van der Waals surface area contributed by atoms with E-state index in [1.54, 1.807) is 0 Å².